The van der Waals surface area contributed by atoms with Gasteiger partial charge in [-0.3, -0.25) is 10.1 Å². The summed E-state index contributed by atoms with van der Waals surface area (Å²) in [5.41, 5.74) is 0.273. The third-order valence-corrected chi connectivity index (χ3v) is 4.62. The molecule has 0 atom stereocenters. The van der Waals surface area contributed by atoms with E-state index in [0.717, 1.165) is 12.1 Å². The van der Waals surface area contributed by atoms with Gasteiger partial charge in [0.05, 0.1) is 6.54 Å². The number of benzene rings is 2. The van der Waals surface area contributed by atoms with Crippen LogP contribution in [-0.2, 0) is 13.3 Å². The molecule has 0 aliphatic carbocycles. The summed E-state index contributed by atoms with van der Waals surface area (Å²) in [5, 5.41) is 10.8. The number of carbonyl (C=O) groups is 1. The molecular weight excluding hydrogens is 449 g/mol. The van der Waals surface area contributed by atoms with E-state index in [-0.39, 0.29) is 41.3 Å². The first-order valence-electron chi connectivity index (χ1n) is 9.14. The Hall–Kier alpha value is -3.86. The summed E-state index contributed by atoms with van der Waals surface area (Å²) in [4.78, 5) is 16.3. The van der Waals surface area contributed by atoms with Crippen LogP contribution in [-0.4, -0.2) is 30.5 Å². The van der Waals surface area contributed by atoms with Crippen LogP contribution >= 0.6 is 11.6 Å². The Balaban J connectivity index is 1.36. The van der Waals surface area contributed by atoms with Gasteiger partial charge in [0.1, 0.15) is 18.0 Å². The maximum Gasteiger partial charge on any atom is 0.278 e. The quantitative estimate of drug-likeness (QED) is 0.450. The lowest BCUT2D eigenvalue weighted by atomic mass is 10.2. The minimum atomic E-state index is -0.853. The molecule has 0 unspecified atom stereocenters. The fourth-order valence-electron chi connectivity index (χ4n) is 2.72. The second-order valence-corrected chi connectivity index (χ2v) is 6.92. The lowest BCUT2D eigenvalue weighted by Crippen LogP contribution is -2.15. The van der Waals surface area contributed by atoms with Crippen molar-refractivity contribution in [1.29, 1.82) is 0 Å². The predicted molar refractivity (Wildman–Crippen MR) is 108 cm³/mol. The van der Waals surface area contributed by atoms with Gasteiger partial charge in [-0.15, -0.1) is 5.10 Å². The smallest absolute Gasteiger partial charge is 0.278 e. The Kier molecular flexibility index (Phi) is 6.08. The van der Waals surface area contributed by atoms with Crippen molar-refractivity contribution in [3.8, 4) is 5.75 Å². The van der Waals surface area contributed by atoms with Gasteiger partial charge in [0.2, 0.25) is 5.95 Å². The zero-order valence-electron chi connectivity index (χ0n) is 16.2. The molecule has 2 aromatic carbocycles. The normalized spacial score (nSPS) is 10.9. The number of aromatic nitrogens is 5. The van der Waals surface area contributed by atoms with E-state index >= 15 is 0 Å². The van der Waals surface area contributed by atoms with Crippen LogP contribution < -0.4 is 10.1 Å². The van der Waals surface area contributed by atoms with Crippen LogP contribution in [0.25, 0.3) is 0 Å². The highest BCUT2D eigenvalue weighted by Crippen LogP contribution is 2.20. The van der Waals surface area contributed by atoms with Crippen molar-refractivity contribution in [3.63, 3.8) is 0 Å². The van der Waals surface area contributed by atoms with Crippen LogP contribution in [0.2, 0.25) is 5.02 Å². The lowest BCUT2D eigenvalue weighted by molar-refractivity contribution is 0.101. The molecule has 1 amide bonds. The van der Waals surface area contributed by atoms with Crippen LogP contribution in [0.4, 0.5) is 19.1 Å². The highest BCUT2D eigenvalue weighted by Gasteiger charge is 2.14. The second-order valence-electron chi connectivity index (χ2n) is 6.51. The first-order chi connectivity index (χ1) is 15.4. The Morgan fingerprint density at radius 3 is 2.69 bits per heavy atom. The molecule has 0 spiro atoms. The van der Waals surface area contributed by atoms with Gasteiger partial charge in [0.25, 0.3) is 5.91 Å². The first-order valence-corrected chi connectivity index (χ1v) is 9.52. The van der Waals surface area contributed by atoms with Gasteiger partial charge in [-0.05, 0) is 30.3 Å². The summed E-state index contributed by atoms with van der Waals surface area (Å²) >= 11 is 6.00. The molecule has 164 valence electrons. The highest BCUT2D eigenvalue weighted by molar-refractivity contribution is 6.31. The number of hydrogen-bond donors (Lipinski definition) is 1. The van der Waals surface area contributed by atoms with Gasteiger partial charge in [-0.25, -0.2) is 27.5 Å². The van der Waals surface area contributed by atoms with Crippen molar-refractivity contribution in [2.24, 2.45) is 0 Å². The fourth-order valence-corrected chi connectivity index (χ4v) is 2.94. The molecule has 0 fully saturated rings. The molecule has 0 aliphatic heterocycles. The molecule has 12 heteroatoms. The average Bonchev–Trinajstić information content (AvgIpc) is 3.40. The zero-order valence-corrected chi connectivity index (χ0v) is 16.9. The number of rotatable bonds is 7. The molecular formula is C20H14ClF3N6O2. The van der Waals surface area contributed by atoms with Crippen LogP contribution in [0.15, 0.2) is 55.0 Å². The Labute approximate surface area is 184 Å². The monoisotopic (exact) mass is 462 g/mol. The van der Waals surface area contributed by atoms with Crippen LogP contribution in [0.5, 0.6) is 5.75 Å². The highest BCUT2D eigenvalue weighted by atomic mass is 35.5. The van der Waals surface area contributed by atoms with Crippen molar-refractivity contribution in [2.45, 2.75) is 13.3 Å². The van der Waals surface area contributed by atoms with Crippen LogP contribution in [0.1, 0.15) is 16.1 Å². The maximum absolute atomic E-state index is 13.9. The Bertz CT molecular complexity index is 1260. The molecule has 4 rings (SSSR count). The van der Waals surface area contributed by atoms with Gasteiger partial charge in [0.15, 0.2) is 24.0 Å². The molecule has 0 bridgehead atoms. The van der Waals surface area contributed by atoms with Crippen molar-refractivity contribution in [2.75, 3.05) is 5.32 Å². The Morgan fingerprint density at radius 2 is 1.91 bits per heavy atom. The van der Waals surface area contributed by atoms with Crippen molar-refractivity contribution in [3.05, 3.63) is 88.7 Å². The lowest BCUT2D eigenvalue weighted by Gasteiger charge is -2.07. The van der Waals surface area contributed by atoms with E-state index in [1.54, 1.807) is 6.07 Å². The first kappa shape index (κ1) is 21.4. The molecule has 0 saturated heterocycles. The van der Waals surface area contributed by atoms with Gasteiger partial charge in [-0.2, -0.15) is 5.10 Å². The molecule has 4 aromatic rings. The number of amides is 1. The van der Waals surface area contributed by atoms with E-state index in [9.17, 15) is 18.0 Å². The third-order valence-electron chi connectivity index (χ3n) is 4.26. The average molecular weight is 463 g/mol. The number of nitrogens with one attached hydrogen (secondary N) is 1. The summed E-state index contributed by atoms with van der Waals surface area (Å²) in [5.74, 6) is -2.82. The summed E-state index contributed by atoms with van der Waals surface area (Å²) in [6.07, 6.45) is 2.77. The zero-order chi connectivity index (χ0) is 22.7. The van der Waals surface area contributed by atoms with Gasteiger partial charge < -0.3 is 4.74 Å². The maximum atomic E-state index is 13.9. The number of hydrogen-bond acceptors (Lipinski definition) is 5. The predicted octanol–water partition coefficient (Wildman–Crippen LogP) is 3.88. The number of anilines is 1. The number of ether oxygens (including phenoxy) is 1. The van der Waals surface area contributed by atoms with Gasteiger partial charge in [0, 0.05) is 22.8 Å². The van der Waals surface area contributed by atoms with Crippen molar-refractivity contribution in [1.82, 2.24) is 24.5 Å². The molecule has 0 saturated carbocycles. The molecule has 2 heterocycles. The molecule has 8 nitrogen and oxygen atoms in total. The minimum absolute atomic E-state index is 0.0124. The van der Waals surface area contributed by atoms with E-state index in [0.29, 0.717) is 6.07 Å². The molecule has 0 radical (unpaired) electrons. The van der Waals surface area contributed by atoms with Crippen molar-refractivity contribution >= 4 is 23.5 Å². The third kappa shape index (κ3) is 4.89. The standard InChI is InChI=1S/C20H14ClF3N6O2/c21-14-2-1-3-15(23)13(14)9-30-10-25-20(28-30)26-19(31)17-6-7-29(27-17)11-32-18-5-4-12(22)8-16(18)24/h1-8,10H,9,11H2,(H,26,28,31). The SMILES string of the molecule is O=C(Nc1ncn(Cc2c(F)cccc2Cl)n1)c1ccn(COc2ccc(F)cc2F)n1. The van der Waals surface area contributed by atoms with E-state index in [1.807, 2.05) is 0 Å². The van der Waals surface area contributed by atoms with E-state index in [2.05, 4.69) is 20.5 Å². The molecule has 0 aliphatic rings. The van der Waals surface area contributed by atoms with E-state index in [1.165, 1.54) is 40.1 Å². The minimum Gasteiger partial charge on any atom is -0.468 e. The largest absolute Gasteiger partial charge is 0.468 e. The molecule has 2 aromatic heterocycles. The molecule has 1 N–H and O–H groups in total. The van der Waals surface area contributed by atoms with Gasteiger partial charge >= 0.3 is 0 Å². The Morgan fingerprint density at radius 1 is 1.06 bits per heavy atom. The summed E-state index contributed by atoms with van der Waals surface area (Å²) in [7, 11) is 0. The number of halogens is 4. The summed E-state index contributed by atoms with van der Waals surface area (Å²) in [6.45, 7) is -0.174. The number of nitrogens with zero attached hydrogens (tertiary/aromatic N) is 5. The topological polar surface area (TPSA) is 86.9 Å². The number of carbonyl (C=O) groups excluding carboxylic acids is 1. The molecule has 32 heavy (non-hydrogen) atoms. The van der Waals surface area contributed by atoms with Crippen molar-refractivity contribution < 1.29 is 22.7 Å². The van der Waals surface area contributed by atoms with E-state index in [4.69, 9.17) is 16.3 Å². The summed E-state index contributed by atoms with van der Waals surface area (Å²) in [6, 6.07) is 8.66. The van der Waals surface area contributed by atoms with Crippen LogP contribution in [0, 0.1) is 17.5 Å². The van der Waals surface area contributed by atoms with Gasteiger partial charge in [-0.1, -0.05) is 17.7 Å². The van der Waals surface area contributed by atoms with Crippen LogP contribution in [0.3, 0.4) is 0 Å². The second kappa shape index (κ2) is 9.10. The van der Waals surface area contributed by atoms with E-state index < -0.39 is 23.4 Å². The fraction of sp³-hybridized carbons (Fsp3) is 0.100. The summed E-state index contributed by atoms with van der Waals surface area (Å²) < 4.78 is 48.3.